The maximum absolute atomic E-state index is 14.3. The molecule has 2 N–H and O–H groups in total. The van der Waals surface area contributed by atoms with E-state index in [-0.39, 0.29) is 30.1 Å². The van der Waals surface area contributed by atoms with E-state index in [1.54, 1.807) is 4.90 Å². The molecule has 3 aliphatic rings. The summed E-state index contributed by atoms with van der Waals surface area (Å²) in [6.07, 6.45) is -1.91. The smallest absolute Gasteiger partial charge is 0.415 e. The first-order valence-electron chi connectivity index (χ1n) is 7.11. The van der Waals surface area contributed by atoms with Gasteiger partial charge in [0.05, 0.1) is 12.2 Å². The highest BCUT2D eigenvalue weighted by atomic mass is 19.1. The Bertz CT molecular complexity index is 680. The third-order valence-electron chi connectivity index (χ3n) is 4.25. The highest BCUT2D eigenvalue weighted by Gasteiger charge is 2.48. The number of cyclic esters (lactones) is 1. The lowest BCUT2D eigenvalue weighted by Crippen LogP contribution is -2.32. The van der Waals surface area contributed by atoms with E-state index >= 15 is 0 Å². The van der Waals surface area contributed by atoms with Gasteiger partial charge in [0.1, 0.15) is 17.9 Å². The van der Waals surface area contributed by atoms with Gasteiger partial charge in [-0.15, -0.1) is 0 Å². The number of anilines is 2. The van der Waals surface area contributed by atoms with Crippen LogP contribution in [0, 0.1) is 11.6 Å². The van der Waals surface area contributed by atoms with Crippen molar-refractivity contribution in [3.8, 4) is 0 Å². The minimum Gasteiger partial charge on any atom is -0.434 e. The number of ether oxygens (including phenoxy) is 2. The van der Waals surface area contributed by atoms with Crippen molar-refractivity contribution in [3.63, 3.8) is 0 Å². The number of epoxide rings is 1. The topological polar surface area (TPSA) is 88.4 Å². The summed E-state index contributed by atoms with van der Waals surface area (Å²) in [4.78, 5) is 25.4. The van der Waals surface area contributed by atoms with Crippen LogP contribution in [-0.2, 0) is 14.3 Å². The summed E-state index contributed by atoms with van der Waals surface area (Å²) in [6, 6.07) is 2.10. The molecule has 0 spiro atoms. The first kappa shape index (κ1) is 14.2. The number of rotatable bonds is 3. The van der Waals surface area contributed by atoms with E-state index in [0.29, 0.717) is 13.1 Å². The first-order valence-corrected chi connectivity index (χ1v) is 7.11. The van der Waals surface area contributed by atoms with Crippen LogP contribution in [0.5, 0.6) is 0 Å². The number of amides is 2. The number of hydrogen-bond acceptors (Lipinski definition) is 5. The Kier molecular flexibility index (Phi) is 2.95. The summed E-state index contributed by atoms with van der Waals surface area (Å²) in [6.45, 7) is 0.703. The minimum atomic E-state index is -1.13. The molecule has 0 saturated carbocycles. The second-order valence-electron chi connectivity index (χ2n) is 5.76. The first-order chi connectivity index (χ1) is 10.9. The van der Waals surface area contributed by atoms with Crippen LogP contribution in [0.3, 0.4) is 0 Å². The van der Waals surface area contributed by atoms with Crippen molar-refractivity contribution in [3.05, 3.63) is 23.8 Å². The Balaban J connectivity index is 1.61. The third-order valence-corrected chi connectivity index (χ3v) is 4.25. The van der Waals surface area contributed by atoms with E-state index in [4.69, 9.17) is 15.2 Å². The van der Waals surface area contributed by atoms with Crippen LogP contribution in [0.1, 0.15) is 0 Å². The Labute approximate surface area is 129 Å². The zero-order valence-corrected chi connectivity index (χ0v) is 11.9. The number of halogens is 2. The van der Waals surface area contributed by atoms with Crippen LogP contribution in [0.25, 0.3) is 0 Å². The third kappa shape index (κ3) is 2.27. The summed E-state index contributed by atoms with van der Waals surface area (Å²) >= 11 is 0. The molecule has 3 fully saturated rings. The molecule has 3 heterocycles. The molecule has 0 aromatic heterocycles. The van der Waals surface area contributed by atoms with Gasteiger partial charge in [0.15, 0.2) is 17.7 Å². The second kappa shape index (κ2) is 4.79. The number of fused-ring (bicyclic) bond motifs is 1. The second-order valence-corrected chi connectivity index (χ2v) is 5.76. The maximum atomic E-state index is 14.3. The average molecular weight is 325 g/mol. The van der Waals surface area contributed by atoms with Gasteiger partial charge in [0.25, 0.3) is 5.91 Å². The molecule has 9 heteroatoms. The zero-order valence-electron chi connectivity index (χ0n) is 11.9. The number of carbonyl (C=O) groups excluding carboxylic acids is 2. The fourth-order valence-corrected chi connectivity index (χ4v) is 3.02. The summed E-state index contributed by atoms with van der Waals surface area (Å²) in [7, 11) is 0. The number of nitrogens with two attached hydrogens (primary N) is 1. The molecule has 122 valence electrons. The lowest BCUT2D eigenvalue weighted by molar-refractivity contribution is -0.124. The van der Waals surface area contributed by atoms with Gasteiger partial charge in [-0.1, -0.05) is 0 Å². The SMILES string of the molecule is NC(=O)[C@@H]1CN(c2cc(F)c(N3CC4OC4C3)c(F)c2)C(=O)O1. The van der Waals surface area contributed by atoms with Crippen LogP contribution in [0.15, 0.2) is 12.1 Å². The monoisotopic (exact) mass is 325 g/mol. The molecule has 2 unspecified atom stereocenters. The molecule has 7 nitrogen and oxygen atoms in total. The van der Waals surface area contributed by atoms with Crippen molar-refractivity contribution in [2.45, 2.75) is 18.3 Å². The molecular weight excluding hydrogens is 312 g/mol. The molecule has 3 atom stereocenters. The Hall–Kier alpha value is -2.42. The summed E-state index contributed by atoms with van der Waals surface area (Å²) in [5.74, 6) is -2.37. The Morgan fingerprint density at radius 3 is 2.30 bits per heavy atom. The zero-order chi connectivity index (χ0) is 16.3. The molecule has 23 heavy (non-hydrogen) atoms. The quantitative estimate of drug-likeness (QED) is 0.811. The summed E-state index contributed by atoms with van der Waals surface area (Å²) < 4.78 is 38.7. The number of benzene rings is 1. The highest BCUT2D eigenvalue weighted by molar-refractivity contribution is 5.95. The van der Waals surface area contributed by atoms with Gasteiger partial charge in [0, 0.05) is 25.2 Å². The average Bonchev–Trinajstić information content (AvgIpc) is 2.91. The van der Waals surface area contributed by atoms with Crippen molar-refractivity contribution in [1.82, 2.24) is 0 Å². The van der Waals surface area contributed by atoms with Gasteiger partial charge >= 0.3 is 6.09 Å². The number of hydrogen-bond donors (Lipinski definition) is 1. The Morgan fingerprint density at radius 1 is 1.17 bits per heavy atom. The summed E-state index contributed by atoms with van der Waals surface area (Å²) in [5.41, 5.74) is 4.92. The Morgan fingerprint density at radius 2 is 1.78 bits per heavy atom. The van der Waals surface area contributed by atoms with E-state index < -0.39 is 29.7 Å². The van der Waals surface area contributed by atoms with E-state index in [0.717, 1.165) is 17.0 Å². The van der Waals surface area contributed by atoms with E-state index in [9.17, 15) is 18.4 Å². The summed E-state index contributed by atoms with van der Waals surface area (Å²) in [5, 5.41) is 0. The molecule has 0 aliphatic carbocycles. The molecule has 3 aliphatic heterocycles. The maximum Gasteiger partial charge on any atom is 0.415 e. The fourth-order valence-electron chi connectivity index (χ4n) is 3.02. The van der Waals surface area contributed by atoms with Gasteiger partial charge < -0.3 is 20.1 Å². The van der Waals surface area contributed by atoms with Gasteiger partial charge in [-0.05, 0) is 0 Å². The normalized spacial score (nSPS) is 28.8. The predicted octanol–water partition coefficient (Wildman–Crippen LogP) is 0.363. The molecule has 3 saturated heterocycles. The van der Waals surface area contributed by atoms with Crippen LogP contribution < -0.4 is 15.5 Å². The lowest BCUT2D eigenvalue weighted by atomic mass is 10.2. The van der Waals surface area contributed by atoms with Crippen molar-refractivity contribution in [2.75, 3.05) is 29.4 Å². The number of nitrogens with zero attached hydrogens (tertiary/aromatic N) is 2. The van der Waals surface area contributed by atoms with Crippen LogP contribution in [0.2, 0.25) is 0 Å². The molecule has 0 radical (unpaired) electrons. The predicted molar refractivity (Wildman–Crippen MR) is 74.0 cm³/mol. The molecule has 4 rings (SSSR count). The van der Waals surface area contributed by atoms with E-state index in [2.05, 4.69) is 0 Å². The molecule has 1 aromatic carbocycles. The van der Waals surface area contributed by atoms with Gasteiger partial charge in [0.2, 0.25) is 0 Å². The number of primary amides is 1. The van der Waals surface area contributed by atoms with E-state index in [1.165, 1.54) is 0 Å². The molecular formula is C14H13F2N3O4. The van der Waals surface area contributed by atoms with Crippen molar-refractivity contribution < 1.29 is 27.8 Å². The molecule has 1 aromatic rings. The van der Waals surface area contributed by atoms with Crippen LogP contribution in [-0.4, -0.2) is 49.9 Å². The number of morpholine rings is 1. The highest BCUT2D eigenvalue weighted by Crippen LogP contribution is 2.37. The largest absolute Gasteiger partial charge is 0.434 e. The van der Waals surface area contributed by atoms with Gasteiger partial charge in [-0.3, -0.25) is 9.69 Å². The van der Waals surface area contributed by atoms with E-state index in [1.807, 2.05) is 0 Å². The van der Waals surface area contributed by atoms with Crippen molar-refractivity contribution >= 4 is 23.4 Å². The number of carbonyl (C=O) groups is 2. The standard InChI is InChI=1S/C14H13F2N3O4/c15-7-1-6(19-5-11(13(17)20)23-14(19)21)2-8(16)12(7)18-3-9-10(4-18)22-9/h1-2,9-11H,3-5H2,(H2,17,20)/t9?,10?,11-/m0/s1. The lowest BCUT2D eigenvalue weighted by Gasteiger charge is -2.22. The van der Waals surface area contributed by atoms with Crippen LogP contribution >= 0.6 is 0 Å². The van der Waals surface area contributed by atoms with Crippen molar-refractivity contribution in [1.29, 1.82) is 0 Å². The van der Waals surface area contributed by atoms with Crippen LogP contribution in [0.4, 0.5) is 25.0 Å². The fraction of sp³-hybridized carbons (Fsp3) is 0.429. The van der Waals surface area contributed by atoms with Gasteiger partial charge in [-0.25, -0.2) is 13.6 Å². The minimum absolute atomic E-state index is 0.0156. The molecule has 0 bridgehead atoms. The van der Waals surface area contributed by atoms with Gasteiger partial charge in [-0.2, -0.15) is 0 Å². The van der Waals surface area contributed by atoms with Crippen molar-refractivity contribution in [2.24, 2.45) is 5.73 Å². The molecule has 2 amide bonds.